The molecule has 4 nitrogen and oxygen atoms in total. The smallest absolute Gasteiger partial charge is 0.133 e. The number of halogens is 1. The van der Waals surface area contributed by atoms with Gasteiger partial charge in [-0.05, 0) is 28.8 Å². The zero-order chi connectivity index (χ0) is 12.4. The molecule has 1 aliphatic heterocycles. The lowest BCUT2D eigenvalue weighted by atomic mass is 10.2. The summed E-state index contributed by atoms with van der Waals surface area (Å²) in [5.74, 6) is 1.04. The number of hydrogen-bond donors (Lipinski definition) is 0. The molecular formula is C13H19BrN4. The molecule has 0 N–H and O–H groups in total. The largest absolute Gasteiger partial charge is 0.354 e. The van der Waals surface area contributed by atoms with E-state index in [1.165, 1.54) is 38.8 Å². The van der Waals surface area contributed by atoms with Crippen molar-refractivity contribution in [1.29, 1.82) is 0 Å². The van der Waals surface area contributed by atoms with Crippen molar-refractivity contribution < 1.29 is 0 Å². The molecule has 0 unspecified atom stereocenters. The van der Waals surface area contributed by atoms with Crippen LogP contribution in [0, 0.1) is 0 Å². The second-order valence-corrected chi connectivity index (χ2v) is 5.97. The second kappa shape index (κ2) is 5.53. The van der Waals surface area contributed by atoms with Gasteiger partial charge in [-0.25, -0.2) is 9.97 Å². The molecule has 0 radical (unpaired) electrons. The van der Waals surface area contributed by atoms with Crippen LogP contribution in [-0.2, 0) is 0 Å². The first-order valence-electron chi connectivity index (χ1n) is 6.79. The molecule has 2 heterocycles. The summed E-state index contributed by atoms with van der Waals surface area (Å²) < 4.78 is 0.866. The predicted molar refractivity (Wildman–Crippen MR) is 75.8 cm³/mol. The predicted octanol–water partition coefficient (Wildman–Crippen LogP) is 2.30. The van der Waals surface area contributed by atoms with Crippen molar-refractivity contribution in [1.82, 2.24) is 14.9 Å². The van der Waals surface area contributed by atoms with E-state index >= 15 is 0 Å². The summed E-state index contributed by atoms with van der Waals surface area (Å²) in [6.07, 6.45) is 7.27. The summed E-state index contributed by atoms with van der Waals surface area (Å²) in [5, 5.41) is 0. The maximum absolute atomic E-state index is 4.35. The monoisotopic (exact) mass is 310 g/mol. The first-order chi connectivity index (χ1) is 8.83. The average molecular weight is 311 g/mol. The van der Waals surface area contributed by atoms with E-state index in [-0.39, 0.29) is 0 Å². The fourth-order valence-corrected chi connectivity index (χ4v) is 3.38. The topological polar surface area (TPSA) is 32.3 Å². The molecule has 0 spiro atoms. The molecule has 0 aromatic carbocycles. The molecule has 3 rings (SSSR count). The highest BCUT2D eigenvalue weighted by atomic mass is 79.9. The van der Waals surface area contributed by atoms with Crippen molar-refractivity contribution in [2.45, 2.75) is 31.7 Å². The summed E-state index contributed by atoms with van der Waals surface area (Å²) in [5.41, 5.74) is 0. The van der Waals surface area contributed by atoms with Gasteiger partial charge in [-0.2, -0.15) is 0 Å². The lowest BCUT2D eigenvalue weighted by molar-refractivity contribution is 0.187. The van der Waals surface area contributed by atoms with Crippen LogP contribution in [0.2, 0.25) is 0 Å². The van der Waals surface area contributed by atoms with E-state index in [9.17, 15) is 0 Å². The maximum Gasteiger partial charge on any atom is 0.133 e. The maximum atomic E-state index is 4.35. The first-order valence-corrected chi connectivity index (χ1v) is 7.59. The Morgan fingerprint density at radius 1 is 1.06 bits per heavy atom. The van der Waals surface area contributed by atoms with Crippen LogP contribution in [0.25, 0.3) is 0 Å². The normalized spacial score (nSPS) is 22.6. The Morgan fingerprint density at radius 3 is 2.44 bits per heavy atom. The molecule has 1 aromatic heterocycles. The van der Waals surface area contributed by atoms with E-state index in [0.29, 0.717) is 0 Å². The Hall–Kier alpha value is -0.680. The van der Waals surface area contributed by atoms with Gasteiger partial charge in [0.05, 0.1) is 0 Å². The third-order valence-corrected chi connectivity index (χ3v) is 4.53. The highest BCUT2D eigenvalue weighted by Crippen LogP contribution is 2.25. The molecule has 1 saturated heterocycles. The number of hydrogen-bond acceptors (Lipinski definition) is 4. The Kier molecular flexibility index (Phi) is 3.80. The number of nitrogens with zero attached hydrogens (tertiary/aromatic N) is 4. The van der Waals surface area contributed by atoms with Gasteiger partial charge in [0.25, 0.3) is 0 Å². The average Bonchev–Trinajstić information content (AvgIpc) is 2.93. The van der Waals surface area contributed by atoms with Crippen molar-refractivity contribution in [3.05, 3.63) is 17.0 Å². The van der Waals surface area contributed by atoms with E-state index in [4.69, 9.17) is 0 Å². The fourth-order valence-electron chi connectivity index (χ4n) is 3.08. The van der Waals surface area contributed by atoms with Gasteiger partial charge in [-0.15, -0.1) is 0 Å². The lowest BCUT2D eigenvalue weighted by Crippen LogP contribution is -2.50. The van der Waals surface area contributed by atoms with E-state index < -0.39 is 0 Å². The number of rotatable bonds is 2. The van der Waals surface area contributed by atoms with Crippen LogP contribution < -0.4 is 4.90 Å². The minimum atomic E-state index is 0.851. The summed E-state index contributed by atoms with van der Waals surface area (Å²) in [6.45, 7) is 4.51. The number of piperazine rings is 1. The summed E-state index contributed by atoms with van der Waals surface area (Å²) in [4.78, 5) is 13.5. The first kappa shape index (κ1) is 12.4. The van der Waals surface area contributed by atoms with Crippen molar-refractivity contribution in [3.63, 3.8) is 0 Å². The minimum absolute atomic E-state index is 0.851. The van der Waals surface area contributed by atoms with Gasteiger partial charge in [-0.1, -0.05) is 12.8 Å². The van der Waals surface area contributed by atoms with Gasteiger partial charge >= 0.3 is 0 Å². The van der Waals surface area contributed by atoms with E-state index in [0.717, 1.165) is 29.6 Å². The molecular weight excluding hydrogens is 292 g/mol. The van der Waals surface area contributed by atoms with E-state index in [1.807, 2.05) is 6.07 Å². The van der Waals surface area contributed by atoms with Gasteiger partial charge in [0.15, 0.2) is 0 Å². The van der Waals surface area contributed by atoms with Crippen LogP contribution in [0.15, 0.2) is 17.0 Å². The van der Waals surface area contributed by atoms with Gasteiger partial charge in [0.1, 0.15) is 16.7 Å². The summed E-state index contributed by atoms with van der Waals surface area (Å²) >= 11 is 3.41. The molecule has 1 saturated carbocycles. The molecule has 0 amide bonds. The van der Waals surface area contributed by atoms with Gasteiger partial charge in [0, 0.05) is 38.3 Å². The highest BCUT2D eigenvalue weighted by molar-refractivity contribution is 9.10. The molecule has 0 atom stereocenters. The zero-order valence-electron chi connectivity index (χ0n) is 10.6. The van der Waals surface area contributed by atoms with Crippen LogP contribution in [0.1, 0.15) is 25.7 Å². The molecule has 1 aliphatic carbocycles. The molecule has 98 valence electrons. The molecule has 18 heavy (non-hydrogen) atoms. The number of anilines is 1. The molecule has 2 aliphatic rings. The Labute approximate surface area is 117 Å². The van der Waals surface area contributed by atoms with Crippen LogP contribution in [-0.4, -0.2) is 47.1 Å². The lowest BCUT2D eigenvalue weighted by Gasteiger charge is -2.38. The van der Waals surface area contributed by atoms with Crippen molar-refractivity contribution in [2.75, 3.05) is 31.1 Å². The summed E-state index contributed by atoms with van der Waals surface area (Å²) in [7, 11) is 0. The van der Waals surface area contributed by atoms with Crippen molar-refractivity contribution in [3.8, 4) is 0 Å². The summed E-state index contributed by atoms with van der Waals surface area (Å²) in [6, 6.07) is 2.86. The number of aromatic nitrogens is 2. The molecule has 5 heteroatoms. The Morgan fingerprint density at radius 2 is 1.78 bits per heavy atom. The van der Waals surface area contributed by atoms with E-state index in [2.05, 4.69) is 35.7 Å². The van der Waals surface area contributed by atoms with Gasteiger partial charge in [-0.3, -0.25) is 4.90 Å². The van der Waals surface area contributed by atoms with Crippen LogP contribution in [0.3, 0.4) is 0 Å². The standard InChI is InChI=1S/C13H19BrN4/c14-12-9-13(16-10-15-12)18-7-5-17(6-8-18)11-3-1-2-4-11/h9-11H,1-8H2. The van der Waals surface area contributed by atoms with Crippen LogP contribution in [0.4, 0.5) is 5.82 Å². The second-order valence-electron chi connectivity index (χ2n) is 5.16. The Bertz CT molecular complexity index is 398. The van der Waals surface area contributed by atoms with Crippen LogP contribution in [0.5, 0.6) is 0 Å². The van der Waals surface area contributed by atoms with Gasteiger partial charge in [0.2, 0.25) is 0 Å². The molecule has 2 fully saturated rings. The van der Waals surface area contributed by atoms with Gasteiger partial charge < -0.3 is 4.90 Å². The fraction of sp³-hybridized carbons (Fsp3) is 0.692. The third-order valence-electron chi connectivity index (χ3n) is 4.10. The molecule has 1 aromatic rings. The minimum Gasteiger partial charge on any atom is -0.354 e. The molecule has 0 bridgehead atoms. The quantitative estimate of drug-likeness (QED) is 0.785. The highest BCUT2D eigenvalue weighted by Gasteiger charge is 2.26. The SMILES string of the molecule is Brc1cc(N2CCN(C3CCCC3)CC2)ncn1. The van der Waals surface area contributed by atoms with Crippen molar-refractivity contribution in [2.24, 2.45) is 0 Å². The zero-order valence-corrected chi connectivity index (χ0v) is 12.1. The van der Waals surface area contributed by atoms with E-state index in [1.54, 1.807) is 6.33 Å². The third kappa shape index (κ3) is 2.67. The Balaban J connectivity index is 1.59. The van der Waals surface area contributed by atoms with Crippen molar-refractivity contribution >= 4 is 21.7 Å². The van der Waals surface area contributed by atoms with Crippen LogP contribution >= 0.6 is 15.9 Å².